The van der Waals surface area contributed by atoms with Gasteiger partial charge in [-0.25, -0.2) is 15.2 Å². The van der Waals surface area contributed by atoms with Crippen molar-refractivity contribution < 1.29 is 22.6 Å². The number of hydrogen-bond acceptors (Lipinski definition) is 6. The van der Waals surface area contributed by atoms with Gasteiger partial charge in [0, 0.05) is 24.5 Å². The number of hydrogen-bond donors (Lipinski definition) is 2. The molecule has 134 valence electrons. The smallest absolute Gasteiger partial charge is 0.387 e. The lowest BCUT2D eigenvalue weighted by atomic mass is 10.3. The summed E-state index contributed by atoms with van der Waals surface area (Å²) >= 11 is 0. The Balaban J connectivity index is 2.02. The van der Waals surface area contributed by atoms with Crippen LogP contribution in [0, 0.1) is 12.7 Å². The number of anilines is 1. The van der Waals surface area contributed by atoms with E-state index in [1.807, 2.05) is 13.0 Å². The van der Waals surface area contributed by atoms with Gasteiger partial charge in [-0.2, -0.15) is 8.78 Å². The highest BCUT2D eigenvalue weighted by Gasteiger charge is 2.12. The van der Waals surface area contributed by atoms with Crippen molar-refractivity contribution in [1.82, 2.24) is 4.98 Å². The van der Waals surface area contributed by atoms with E-state index in [2.05, 4.69) is 9.72 Å². The molecule has 2 aromatic rings. The largest absolute Gasteiger partial charge is 0.471 e. The van der Waals surface area contributed by atoms with Gasteiger partial charge < -0.3 is 15.2 Å². The van der Waals surface area contributed by atoms with Gasteiger partial charge in [0.15, 0.2) is 11.6 Å². The quantitative estimate of drug-likeness (QED) is 0.587. The van der Waals surface area contributed by atoms with Gasteiger partial charge in [0.25, 0.3) is 0 Å². The topological polar surface area (TPSA) is 86.6 Å². The van der Waals surface area contributed by atoms with Gasteiger partial charge in [0.05, 0.1) is 11.4 Å². The molecule has 1 heterocycles. The minimum Gasteiger partial charge on any atom is -0.471 e. The summed E-state index contributed by atoms with van der Waals surface area (Å²) in [5.74, 6) is 4.62. The van der Waals surface area contributed by atoms with Crippen LogP contribution >= 0.6 is 0 Å². The van der Waals surface area contributed by atoms with Crippen molar-refractivity contribution in [2.24, 2.45) is 11.6 Å². The van der Waals surface area contributed by atoms with E-state index in [4.69, 9.17) is 16.3 Å². The normalized spacial score (nSPS) is 11.5. The summed E-state index contributed by atoms with van der Waals surface area (Å²) in [6.07, 6.45) is 2.96. The molecule has 0 saturated heterocycles. The standard InChI is InChI=1S/C16H17F3N4O2/c1-10-2-5-15(22-7-10)24-9-11(20)8-23(21)12-3-4-13(17)14(6-12)25-16(18)19/h2-8,16H,9,20-21H2,1H3/b11-8-. The predicted octanol–water partition coefficient (Wildman–Crippen LogP) is 2.69. The third-order valence-corrected chi connectivity index (χ3v) is 3.00. The number of hydrazine groups is 1. The summed E-state index contributed by atoms with van der Waals surface area (Å²) in [5, 5.41) is 1.04. The first-order chi connectivity index (χ1) is 11.8. The minimum absolute atomic E-state index is 0.00530. The predicted molar refractivity (Wildman–Crippen MR) is 86.4 cm³/mol. The molecule has 6 nitrogen and oxygen atoms in total. The number of nitrogens with zero attached hydrogens (tertiary/aromatic N) is 2. The maximum absolute atomic E-state index is 13.4. The van der Waals surface area contributed by atoms with Gasteiger partial charge in [0.2, 0.25) is 5.88 Å². The molecule has 0 amide bonds. The Labute approximate surface area is 142 Å². The Hall–Kier alpha value is -2.94. The molecule has 0 spiro atoms. The average Bonchev–Trinajstić information content (AvgIpc) is 2.56. The lowest BCUT2D eigenvalue weighted by Gasteiger charge is -2.17. The maximum atomic E-state index is 13.4. The van der Waals surface area contributed by atoms with E-state index in [1.54, 1.807) is 12.3 Å². The molecule has 0 bridgehead atoms. The van der Waals surface area contributed by atoms with Crippen molar-refractivity contribution in [2.75, 3.05) is 11.6 Å². The van der Waals surface area contributed by atoms with E-state index >= 15 is 0 Å². The number of halogens is 3. The molecule has 9 heteroatoms. The Bertz CT molecular complexity index is 739. The zero-order valence-corrected chi connectivity index (χ0v) is 13.3. The molecule has 0 unspecified atom stereocenters. The fourth-order valence-corrected chi connectivity index (χ4v) is 1.83. The molecule has 25 heavy (non-hydrogen) atoms. The first-order valence-electron chi connectivity index (χ1n) is 7.15. The number of nitrogens with two attached hydrogens (primary N) is 2. The van der Waals surface area contributed by atoms with Gasteiger partial charge in [0.1, 0.15) is 6.61 Å². The van der Waals surface area contributed by atoms with Crippen LogP contribution in [0.4, 0.5) is 18.9 Å². The fourth-order valence-electron chi connectivity index (χ4n) is 1.83. The van der Waals surface area contributed by atoms with Gasteiger partial charge in [-0.05, 0) is 24.6 Å². The molecular formula is C16H17F3N4O2. The molecule has 0 atom stereocenters. The summed E-state index contributed by atoms with van der Waals surface area (Å²) in [6.45, 7) is -1.25. The SMILES string of the molecule is Cc1ccc(OC/C(N)=C/N(N)c2ccc(F)c(OC(F)F)c2)nc1. The zero-order valence-electron chi connectivity index (χ0n) is 13.3. The monoisotopic (exact) mass is 354 g/mol. The number of pyridine rings is 1. The Morgan fingerprint density at radius 1 is 1.32 bits per heavy atom. The molecule has 1 aromatic heterocycles. The van der Waals surface area contributed by atoms with Crippen molar-refractivity contribution in [2.45, 2.75) is 13.5 Å². The third-order valence-electron chi connectivity index (χ3n) is 3.00. The van der Waals surface area contributed by atoms with Crippen molar-refractivity contribution in [3.8, 4) is 11.6 Å². The molecule has 4 N–H and O–H groups in total. The number of aromatic nitrogens is 1. The van der Waals surface area contributed by atoms with Crippen molar-refractivity contribution in [3.05, 3.63) is 59.8 Å². The van der Waals surface area contributed by atoms with Gasteiger partial charge in [-0.15, -0.1) is 0 Å². The molecular weight excluding hydrogens is 337 g/mol. The van der Waals surface area contributed by atoms with Crippen molar-refractivity contribution in [3.63, 3.8) is 0 Å². The highest BCUT2D eigenvalue weighted by molar-refractivity contribution is 5.52. The number of aryl methyl sites for hydroxylation is 1. The first-order valence-corrected chi connectivity index (χ1v) is 7.15. The van der Waals surface area contributed by atoms with Crippen LogP contribution in [0.2, 0.25) is 0 Å². The lowest BCUT2D eigenvalue weighted by molar-refractivity contribution is -0.0521. The number of ether oxygens (including phenoxy) is 2. The number of alkyl halides is 2. The summed E-state index contributed by atoms with van der Waals surface area (Å²) < 4.78 is 47.4. The van der Waals surface area contributed by atoms with E-state index in [-0.39, 0.29) is 18.0 Å². The summed E-state index contributed by atoms with van der Waals surface area (Å²) in [5.41, 5.74) is 7.23. The van der Waals surface area contributed by atoms with Gasteiger partial charge in [-0.3, -0.25) is 5.01 Å². The van der Waals surface area contributed by atoms with E-state index < -0.39 is 18.2 Å². The van der Waals surface area contributed by atoms with Crippen LogP contribution in [0.1, 0.15) is 5.56 Å². The second-order valence-electron chi connectivity index (χ2n) is 5.07. The van der Waals surface area contributed by atoms with E-state index in [1.165, 1.54) is 12.3 Å². The van der Waals surface area contributed by atoms with Crippen LogP contribution in [0.5, 0.6) is 11.6 Å². The summed E-state index contributed by atoms with van der Waals surface area (Å²) in [6, 6.07) is 6.81. The average molecular weight is 354 g/mol. The molecule has 0 saturated carbocycles. The second-order valence-corrected chi connectivity index (χ2v) is 5.07. The zero-order chi connectivity index (χ0) is 18.4. The molecule has 0 aliphatic rings. The summed E-state index contributed by atoms with van der Waals surface area (Å²) in [4.78, 5) is 4.06. The Morgan fingerprint density at radius 3 is 2.72 bits per heavy atom. The van der Waals surface area contributed by atoms with Gasteiger partial charge >= 0.3 is 6.61 Å². The molecule has 2 rings (SSSR count). The van der Waals surface area contributed by atoms with Crippen LogP contribution in [-0.2, 0) is 0 Å². The van der Waals surface area contributed by atoms with E-state index in [0.29, 0.717) is 5.88 Å². The maximum Gasteiger partial charge on any atom is 0.387 e. The first kappa shape index (κ1) is 18.4. The van der Waals surface area contributed by atoms with E-state index in [0.717, 1.165) is 22.7 Å². The lowest BCUT2D eigenvalue weighted by Crippen LogP contribution is -2.27. The van der Waals surface area contributed by atoms with Crippen molar-refractivity contribution >= 4 is 5.69 Å². The number of benzene rings is 1. The van der Waals surface area contributed by atoms with Crippen molar-refractivity contribution in [1.29, 1.82) is 0 Å². The molecule has 0 aliphatic heterocycles. The van der Waals surface area contributed by atoms with E-state index in [9.17, 15) is 13.2 Å². The molecule has 0 fully saturated rings. The highest BCUT2D eigenvalue weighted by atomic mass is 19.3. The molecule has 0 aliphatic carbocycles. The Kier molecular flexibility index (Phi) is 6.07. The van der Waals surface area contributed by atoms with Crippen LogP contribution in [-0.4, -0.2) is 18.2 Å². The Morgan fingerprint density at radius 2 is 2.08 bits per heavy atom. The van der Waals surface area contributed by atoms with Crippen LogP contribution in [0.25, 0.3) is 0 Å². The molecule has 1 aromatic carbocycles. The van der Waals surface area contributed by atoms with Crippen LogP contribution in [0.3, 0.4) is 0 Å². The van der Waals surface area contributed by atoms with Gasteiger partial charge in [-0.1, -0.05) is 6.07 Å². The third kappa shape index (κ3) is 5.57. The minimum atomic E-state index is -3.15. The highest BCUT2D eigenvalue weighted by Crippen LogP contribution is 2.25. The fraction of sp³-hybridized carbons (Fsp3) is 0.188. The summed E-state index contributed by atoms with van der Waals surface area (Å²) in [7, 11) is 0. The number of rotatable bonds is 7. The second kappa shape index (κ2) is 8.25. The molecule has 0 radical (unpaired) electrons. The van der Waals surface area contributed by atoms with Crippen LogP contribution in [0.15, 0.2) is 48.4 Å². The van der Waals surface area contributed by atoms with Crippen LogP contribution < -0.4 is 26.1 Å².